The maximum Gasteiger partial charge on any atom is 0.357 e. The van der Waals surface area contributed by atoms with E-state index in [-0.39, 0.29) is 5.97 Å². The first-order valence-electron chi connectivity index (χ1n) is 6.38. The number of hydrogen-bond donors (Lipinski definition) is 2. The van der Waals surface area contributed by atoms with Gasteiger partial charge in [0.05, 0.1) is 23.3 Å². The molecule has 6 heteroatoms. The Bertz CT molecular complexity index is 648. The van der Waals surface area contributed by atoms with E-state index in [0.29, 0.717) is 17.9 Å². The van der Waals surface area contributed by atoms with E-state index in [4.69, 9.17) is 10.6 Å². The van der Waals surface area contributed by atoms with Gasteiger partial charge in [-0.05, 0) is 26.0 Å². The van der Waals surface area contributed by atoms with Crippen LogP contribution in [0, 0.1) is 0 Å². The molecule has 0 unspecified atom stereocenters. The van der Waals surface area contributed by atoms with E-state index in [0.717, 1.165) is 11.3 Å². The number of anilines is 1. The molecule has 1 aromatic carbocycles. The van der Waals surface area contributed by atoms with E-state index in [1.165, 1.54) is 0 Å². The molecule has 1 aliphatic heterocycles. The lowest BCUT2D eigenvalue weighted by Gasteiger charge is -2.29. The van der Waals surface area contributed by atoms with Crippen LogP contribution in [0.3, 0.4) is 0 Å². The summed E-state index contributed by atoms with van der Waals surface area (Å²) in [7, 11) is 0. The third-order valence-electron chi connectivity index (χ3n) is 3.64. The molecule has 2 aromatic rings. The highest BCUT2D eigenvalue weighted by Gasteiger charge is 2.43. The average Bonchev–Trinajstić information content (AvgIpc) is 2.91. The van der Waals surface area contributed by atoms with Gasteiger partial charge in [-0.3, -0.25) is 5.10 Å². The van der Waals surface area contributed by atoms with Crippen LogP contribution in [0.4, 0.5) is 5.82 Å². The minimum absolute atomic E-state index is 0.379. The number of nitrogens with one attached hydrogen (secondary N) is 1. The van der Waals surface area contributed by atoms with Gasteiger partial charge < -0.3 is 10.6 Å². The number of rotatable bonds is 2. The van der Waals surface area contributed by atoms with Crippen LogP contribution >= 0.6 is 0 Å². The van der Waals surface area contributed by atoms with Crippen molar-refractivity contribution in [1.29, 1.82) is 0 Å². The van der Waals surface area contributed by atoms with Crippen molar-refractivity contribution in [2.24, 2.45) is 0 Å². The Morgan fingerprint density at radius 2 is 2.10 bits per heavy atom. The molecule has 3 N–H and O–H groups in total. The summed E-state index contributed by atoms with van der Waals surface area (Å²) in [6.07, 6.45) is 0. The highest BCUT2D eigenvalue weighted by atomic mass is 16.7. The normalized spacial score (nSPS) is 16.9. The zero-order chi connectivity index (χ0) is 14.3. The summed E-state index contributed by atoms with van der Waals surface area (Å²) < 4.78 is 0. The van der Waals surface area contributed by atoms with E-state index in [1.807, 2.05) is 19.9 Å². The topological polar surface area (TPSA) is 84.2 Å². The number of nitrogens with two attached hydrogens (primary N) is 1. The molecule has 104 valence electrons. The Labute approximate surface area is 116 Å². The molecule has 0 aliphatic carbocycles. The number of H-pyrrole nitrogens is 1. The van der Waals surface area contributed by atoms with Gasteiger partial charge in [0.1, 0.15) is 5.82 Å². The number of benzene rings is 1. The number of hydrogen-bond acceptors (Lipinski definition) is 5. The Balaban J connectivity index is 1.82. The van der Waals surface area contributed by atoms with Crippen LogP contribution in [-0.2, 0) is 16.9 Å². The molecule has 0 bridgehead atoms. The predicted octanol–water partition coefficient (Wildman–Crippen LogP) is 1.81. The van der Waals surface area contributed by atoms with E-state index >= 15 is 0 Å². The minimum atomic E-state index is -0.482. The van der Waals surface area contributed by atoms with Crippen molar-refractivity contribution >= 4 is 11.8 Å². The van der Waals surface area contributed by atoms with Crippen molar-refractivity contribution in [3.63, 3.8) is 0 Å². The first kappa shape index (κ1) is 12.7. The summed E-state index contributed by atoms with van der Waals surface area (Å²) in [4.78, 5) is 17.6. The number of aromatic nitrogens is 2. The molecule has 20 heavy (non-hydrogen) atoms. The van der Waals surface area contributed by atoms with Gasteiger partial charge in [-0.2, -0.15) is 5.10 Å². The summed E-state index contributed by atoms with van der Waals surface area (Å²) in [5, 5.41) is 8.53. The van der Waals surface area contributed by atoms with E-state index in [1.54, 1.807) is 29.3 Å². The van der Waals surface area contributed by atoms with Crippen molar-refractivity contribution in [3.8, 4) is 0 Å². The van der Waals surface area contributed by atoms with Crippen LogP contribution in [0.25, 0.3) is 0 Å². The molecule has 6 nitrogen and oxygen atoms in total. The van der Waals surface area contributed by atoms with Crippen LogP contribution in [0.1, 0.15) is 35.5 Å². The van der Waals surface area contributed by atoms with E-state index in [2.05, 4.69) is 10.2 Å². The Morgan fingerprint density at radius 1 is 1.40 bits per heavy atom. The van der Waals surface area contributed by atoms with Gasteiger partial charge in [0.25, 0.3) is 0 Å². The zero-order valence-electron chi connectivity index (χ0n) is 11.4. The number of carbonyl (C=O) groups is 1. The lowest BCUT2D eigenvalue weighted by atomic mass is 10.0. The quantitative estimate of drug-likeness (QED) is 0.871. The van der Waals surface area contributed by atoms with Crippen LogP contribution in [-0.4, -0.2) is 21.2 Å². The summed E-state index contributed by atoms with van der Waals surface area (Å²) in [5.41, 5.74) is 7.61. The molecule has 0 fully saturated rings. The summed E-state index contributed by atoms with van der Waals surface area (Å²) in [6, 6.07) is 8.90. The molecular weight excluding hydrogens is 256 g/mol. The van der Waals surface area contributed by atoms with Crippen LogP contribution in [0.5, 0.6) is 0 Å². The second-order valence-electron chi connectivity index (χ2n) is 5.30. The van der Waals surface area contributed by atoms with Crippen molar-refractivity contribution in [3.05, 3.63) is 47.2 Å². The number of fused-ring (bicyclic) bond motifs is 1. The Morgan fingerprint density at radius 3 is 2.75 bits per heavy atom. The molecule has 3 rings (SSSR count). The lowest BCUT2D eigenvalue weighted by molar-refractivity contribution is -0.169. The van der Waals surface area contributed by atoms with Gasteiger partial charge in [-0.1, -0.05) is 18.2 Å². The number of aromatic amines is 1. The number of carbonyl (C=O) groups excluding carboxylic acids is 1. The third kappa shape index (κ3) is 1.85. The molecule has 0 amide bonds. The SMILES string of the molecule is CC1(C)c2[nH]nc(N)c2CN1OC(=O)c1ccccc1. The van der Waals surface area contributed by atoms with E-state index < -0.39 is 5.54 Å². The number of hydroxylamine groups is 2. The number of nitrogens with zero attached hydrogens (tertiary/aromatic N) is 2. The van der Waals surface area contributed by atoms with Crippen LogP contribution in [0.2, 0.25) is 0 Å². The van der Waals surface area contributed by atoms with Crippen LogP contribution in [0.15, 0.2) is 30.3 Å². The second-order valence-corrected chi connectivity index (χ2v) is 5.30. The van der Waals surface area contributed by atoms with Crippen molar-refractivity contribution in [1.82, 2.24) is 15.3 Å². The van der Waals surface area contributed by atoms with E-state index in [9.17, 15) is 4.79 Å². The molecular formula is C14H16N4O2. The Kier molecular flexibility index (Phi) is 2.76. The van der Waals surface area contributed by atoms with Gasteiger partial charge in [-0.15, -0.1) is 5.06 Å². The van der Waals surface area contributed by atoms with Crippen LogP contribution < -0.4 is 5.73 Å². The smallest absolute Gasteiger partial charge is 0.357 e. The fraction of sp³-hybridized carbons (Fsp3) is 0.286. The highest BCUT2D eigenvalue weighted by Crippen LogP contribution is 2.39. The second kappa shape index (κ2) is 4.35. The van der Waals surface area contributed by atoms with Gasteiger partial charge in [-0.25, -0.2) is 4.79 Å². The van der Waals surface area contributed by atoms with Gasteiger partial charge in [0.2, 0.25) is 0 Å². The highest BCUT2D eigenvalue weighted by molar-refractivity contribution is 5.89. The molecule has 0 atom stereocenters. The molecule has 0 spiro atoms. The van der Waals surface area contributed by atoms with Gasteiger partial charge in [0.15, 0.2) is 0 Å². The molecule has 1 aromatic heterocycles. The molecule has 1 aliphatic rings. The largest absolute Gasteiger partial charge is 0.382 e. The molecule has 0 saturated carbocycles. The minimum Gasteiger partial charge on any atom is -0.382 e. The summed E-state index contributed by atoms with van der Waals surface area (Å²) in [6.45, 7) is 4.34. The molecule has 0 radical (unpaired) electrons. The van der Waals surface area contributed by atoms with Gasteiger partial charge >= 0.3 is 5.97 Å². The standard InChI is InChI=1S/C14H16N4O2/c1-14(2)11-10(12(15)17-16-11)8-18(14)20-13(19)9-6-4-3-5-7-9/h3-7H,8H2,1-2H3,(H3,15,16,17). The predicted molar refractivity (Wildman–Crippen MR) is 73.4 cm³/mol. The van der Waals surface area contributed by atoms with Crippen molar-refractivity contribution in [2.75, 3.05) is 5.73 Å². The monoisotopic (exact) mass is 272 g/mol. The number of nitrogen functional groups attached to an aromatic ring is 1. The molecule has 2 heterocycles. The maximum atomic E-state index is 12.1. The zero-order valence-corrected chi connectivity index (χ0v) is 11.4. The fourth-order valence-corrected chi connectivity index (χ4v) is 2.38. The molecule has 0 saturated heterocycles. The van der Waals surface area contributed by atoms with Gasteiger partial charge in [0, 0.05) is 5.56 Å². The fourth-order valence-electron chi connectivity index (χ4n) is 2.38. The third-order valence-corrected chi connectivity index (χ3v) is 3.64. The van der Waals surface area contributed by atoms with Crippen molar-refractivity contribution < 1.29 is 9.63 Å². The summed E-state index contributed by atoms with van der Waals surface area (Å²) in [5.74, 6) is 0.0710. The lowest BCUT2D eigenvalue weighted by Crippen LogP contribution is -2.37. The Hall–Kier alpha value is -2.34. The first-order valence-corrected chi connectivity index (χ1v) is 6.38. The average molecular weight is 272 g/mol. The summed E-state index contributed by atoms with van der Waals surface area (Å²) >= 11 is 0. The first-order chi connectivity index (χ1) is 9.50. The maximum absolute atomic E-state index is 12.1. The van der Waals surface area contributed by atoms with Crippen molar-refractivity contribution in [2.45, 2.75) is 25.9 Å².